The Hall–Kier alpha value is -1.61. The molecule has 3 atom stereocenters. The van der Waals surface area contributed by atoms with Gasteiger partial charge < -0.3 is 9.84 Å². The van der Waals surface area contributed by atoms with Crippen molar-refractivity contribution < 1.29 is 14.6 Å². The topological polar surface area (TPSA) is 46.5 Å². The summed E-state index contributed by atoms with van der Waals surface area (Å²) < 4.78 is 4.93. The van der Waals surface area contributed by atoms with Crippen LogP contribution in [-0.2, 0) is 20.5 Å². The molecule has 0 bridgehead atoms. The molecule has 3 nitrogen and oxygen atoms in total. The number of allylic oxidation sites excluding steroid dienone is 1. The van der Waals surface area contributed by atoms with Crippen molar-refractivity contribution in [3.63, 3.8) is 0 Å². The van der Waals surface area contributed by atoms with Gasteiger partial charge in [0.15, 0.2) is 5.60 Å². The molecule has 1 aromatic carbocycles. The van der Waals surface area contributed by atoms with E-state index >= 15 is 0 Å². The van der Waals surface area contributed by atoms with Gasteiger partial charge in [-0.25, -0.2) is 4.79 Å². The van der Waals surface area contributed by atoms with E-state index in [9.17, 15) is 9.90 Å². The molecule has 0 saturated heterocycles. The summed E-state index contributed by atoms with van der Waals surface area (Å²) in [6.45, 7) is 8.15. The van der Waals surface area contributed by atoms with E-state index in [1.165, 1.54) is 12.7 Å². The number of fused-ring (bicyclic) bond motifs is 3. The number of benzene rings is 1. The average molecular weight is 272 g/mol. The molecule has 0 heterocycles. The SMILES string of the molecule is COC(=O)[C@]1(O)c2ccccc2[C@@]2(C)C(C)=C(C)[C@]21C. The lowest BCUT2D eigenvalue weighted by atomic mass is 9.45. The number of carbonyl (C=O) groups excluding carboxylic acids is 1. The average Bonchev–Trinajstić information content (AvgIpc) is 2.63. The summed E-state index contributed by atoms with van der Waals surface area (Å²) in [5.41, 5.74) is 1.41. The van der Waals surface area contributed by atoms with Crippen molar-refractivity contribution in [1.82, 2.24) is 0 Å². The van der Waals surface area contributed by atoms with Crippen LogP contribution in [0.1, 0.15) is 38.8 Å². The lowest BCUT2D eigenvalue weighted by Gasteiger charge is -2.57. The second-order valence-electron chi connectivity index (χ2n) is 6.25. The van der Waals surface area contributed by atoms with E-state index in [0.717, 1.165) is 11.1 Å². The smallest absolute Gasteiger partial charge is 0.343 e. The fourth-order valence-corrected chi connectivity index (χ4v) is 4.51. The van der Waals surface area contributed by atoms with Crippen molar-refractivity contribution in [1.29, 1.82) is 0 Å². The summed E-state index contributed by atoms with van der Waals surface area (Å²) in [4.78, 5) is 12.4. The Morgan fingerprint density at radius 3 is 2.20 bits per heavy atom. The summed E-state index contributed by atoms with van der Waals surface area (Å²) in [6, 6.07) is 7.65. The summed E-state index contributed by atoms with van der Waals surface area (Å²) >= 11 is 0. The highest BCUT2D eigenvalue weighted by Gasteiger charge is 2.75. The quantitative estimate of drug-likeness (QED) is 0.631. The van der Waals surface area contributed by atoms with Crippen LogP contribution >= 0.6 is 0 Å². The van der Waals surface area contributed by atoms with Crippen LogP contribution in [0.4, 0.5) is 0 Å². The van der Waals surface area contributed by atoms with Crippen LogP contribution in [-0.4, -0.2) is 18.2 Å². The van der Waals surface area contributed by atoms with E-state index in [1.807, 2.05) is 38.1 Å². The number of esters is 1. The van der Waals surface area contributed by atoms with Crippen LogP contribution in [0.2, 0.25) is 0 Å². The zero-order valence-electron chi connectivity index (χ0n) is 12.6. The van der Waals surface area contributed by atoms with Crippen LogP contribution < -0.4 is 0 Å². The summed E-state index contributed by atoms with van der Waals surface area (Å²) in [7, 11) is 1.33. The highest BCUT2D eigenvalue weighted by molar-refractivity contribution is 5.88. The van der Waals surface area contributed by atoms with Gasteiger partial charge in [0, 0.05) is 10.8 Å². The van der Waals surface area contributed by atoms with Crippen LogP contribution in [0.3, 0.4) is 0 Å². The summed E-state index contributed by atoms with van der Waals surface area (Å²) in [6.07, 6.45) is 0. The van der Waals surface area contributed by atoms with Gasteiger partial charge in [0.1, 0.15) is 0 Å². The van der Waals surface area contributed by atoms with Crippen LogP contribution in [0.15, 0.2) is 35.4 Å². The Balaban J connectivity index is 2.41. The van der Waals surface area contributed by atoms with Crippen molar-refractivity contribution in [2.75, 3.05) is 7.11 Å². The fourth-order valence-electron chi connectivity index (χ4n) is 4.51. The van der Waals surface area contributed by atoms with Gasteiger partial charge in [-0.15, -0.1) is 0 Å². The molecule has 0 fully saturated rings. The van der Waals surface area contributed by atoms with Gasteiger partial charge in [0.05, 0.1) is 7.11 Å². The van der Waals surface area contributed by atoms with Gasteiger partial charge in [0.2, 0.25) is 0 Å². The van der Waals surface area contributed by atoms with Gasteiger partial charge in [-0.05, 0) is 25.0 Å². The van der Waals surface area contributed by atoms with Crippen molar-refractivity contribution in [3.05, 3.63) is 46.5 Å². The molecular weight excluding hydrogens is 252 g/mol. The Morgan fingerprint density at radius 1 is 1.10 bits per heavy atom. The first-order valence-electron chi connectivity index (χ1n) is 6.87. The maximum absolute atomic E-state index is 12.4. The third kappa shape index (κ3) is 0.966. The number of carbonyl (C=O) groups is 1. The Labute approximate surface area is 119 Å². The Morgan fingerprint density at radius 2 is 1.65 bits per heavy atom. The normalized spacial score (nSPS) is 38.1. The largest absolute Gasteiger partial charge is 0.467 e. The molecule has 0 aliphatic heterocycles. The molecule has 0 unspecified atom stereocenters. The van der Waals surface area contributed by atoms with E-state index in [4.69, 9.17) is 4.74 Å². The second kappa shape index (κ2) is 3.53. The molecule has 2 aliphatic rings. The molecular formula is C17H20O3. The van der Waals surface area contributed by atoms with E-state index in [2.05, 4.69) is 13.8 Å². The minimum absolute atomic E-state index is 0.323. The van der Waals surface area contributed by atoms with Crippen molar-refractivity contribution in [2.45, 2.75) is 38.7 Å². The predicted octanol–water partition coefficient (Wildman–Crippen LogP) is 2.67. The van der Waals surface area contributed by atoms with Crippen LogP contribution in [0.25, 0.3) is 0 Å². The minimum atomic E-state index is -1.61. The fraction of sp³-hybridized carbons (Fsp3) is 0.471. The van der Waals surface area contributed by atoms with E-state index < -0.39 is 17.0 Å². The maximum Gasteiger partial charge on any atom is 0.343 e. The molecule has 2 aliphatic carbocycles. The number of aliphatic hydroxyl groups is 1. The Bertz CT molecular complexity index is 660. The highest BCUT2D eigenvalue weighted by atomic mass is 16.5. The monoisotopic (exact) mass is 272 g/mol. The van der Waals surface area contributed by atoms with E-state index in [1.54, 1.807) is 0 Å². The zero-order valence-corrected chi connectivity index (χ0v) is 12.6. The molecule has 106 valence electrons. The third-order valence-electron chi connectivity index (χ3n) is 6.12. The van der Waals surface area contributed by atoms with Crippen LogP contribution in [0, 0.1) is 5.41 Å². The summed E-state index contributed by atoms with van der Waals surface area (Å²) in [5, 5.41) is 11.3. The first-order chi connectivity index (χ1) is 9.27. The van der Waals surface area contributed by atoms with Crippen molar-refractivity contribution >= 4 is 5.97 Å². The van der Waals surface area contributed by atoms with Gasteiger partial charge in [-0.3, -0.25) is 0 Å². The van der Waals surface area contributed by atoms with Gasteiger partial charge >= 0.3 is 5.97 Å². The van der Waals surface area contributed by atoms with Gasteiger partial charge in [-0.1, -0.05) is 49.3 Å². The standard InChI is InChI=1S/C17H20O3/c1-10-11(2)16(4)15(10,3)12-8-6-7-9-13(12)17(16,19)14(18)20-5/h6-9,19H,1-5H3/t15-,16-,17-/m1/s1. The zero-order chi connectivity index (χ0) is 14.9. The van der Waals surface area contributed by atoms with Crippen molar-refractivity contribution in [3.8, 4) is 0 Å². The number of hydrogen-bond donors (Lipinski definition) is 1. The molecule has 0 radical (unpaired) electrons. The molecule has 3 rings (SSSR count). The van der Waals surface area contributed by atoms with Gasteiger partial charge in [-0.2, -0.15) is 0 Å². The highest BCUT2D eigenvalue weighted by Crippen LogP contribution is 2.73. The number of ether oxygens (including phenoxy) is 1. The molecule has 20 heavy (non-hydrogen) atoms. The van der Waals surface area contributed by atoms with Gasteiger partial charge in [0.25, 0.3) is 0 Å². The number of hydrogen-bond acceptors (Lipinski definition) is 3. The first-order valence-corrected chi connectivity index (χ1v) is 6.87. The molecule has 0 aromatic heterocycles. The molecule has 0 spiro atoms. The van der Waals surface area contributed by atoms with Crippen LogP contribution in [0.5, 0.6) is 0 Å². The lowest BCUT2D eigenvalue weighted by Crippen LogP contribution is -2.60. The van der Waals surface area contributed by atoms with E-state index in [-0.39, 0.29) is 5.41 Å². The molecule has 1 N–H and O–H groups in total. The van der Waals surface area contributed by atoms with Crippen molar-refractivity contribution in [2.24, 2.45) is 5.41 Å². The maximum atomic E-state index is 12.4. The number of rotatable bonds is 1. The molecule has 0 saturated carbocycles. The molecule has 3 heteroatoms. The lowest BCUT2D eigenvalue weighted by molar-refractivity contribution is -0.181. The minimum Gasteiger partial charge on any atom is -0.467 e. The predicted molar refractivity (Wildman–Crippen MR) is 76.2 cm³/mol. The third-order valence-corrected chi connectivity index (χ3v) is 6.12. The Kier molecular flexibility index (Phi) is 2.36. The summed E-state index contributed by atoms with van der Waals surface area (Å²) in [5.74, 6) is -0.581. The second-order valence-corrected chi connectivity index (χ2v) is 6.25. The van der Waals surface area contributed by atoms with E-state index in [0.29, 0.717) is 5.56 Å². The molecule has 0 amide bonds. The molecule has 1 aromatic rings. The number of methoxy groups -OCH3 is 1. The first kappa shape index (κ1) is 13.4.